The fourth-order valence-electron chi connectivity index (χ4n) is 3.15. The second kappa shape index (κ2) is 8.48. The molecule has 1 aromatic heterocycles. The molecule has 1 aliphatic rings. The largest absolute Gasteiger partial charge is 0.348 e. The van der Waals surface area contributed by atoms with E-state index in [1.54, 1.807) is 6.08 Å². The summed E-state index contributed by atoms with van der Waals surface area (Å²) in [5, 5.41) is 15.7. The van der Waals surface area contributed by atoms with E-state index in [4.69, 9.17) is 11.6 Å². The molecule has 1 fully saturated rings. The first kappa shape index (κ1) is 18.6. The molecule has 2 atom stereocenters. The molecule has 0 spiro atoms. The molecular formula is C20H20ClN3OS. The van der Waals surface area contributed by atoms with Gasteiger partial charge in [-0.2, -0.15) is 5.26 Å². The zero-order valence-corrected chi connectivity index (χ0v) is 16.1. The van der Waals surface area contributed by atoms with E-state index in [9.17, 15) is 10.1 Å². The van der Waals surface area contributed by atoms with Crippen LogP contribution < -0.4 is 5.32 Å². The lowest BCUT2D eigenvalue weighted by Gasteiger charge is -2.29. The molecule has 1 heterocycles. The van der Waals surface area contributed by atoms with Crippen molar-refractivity contribution in [3.63, 3.8) is 0 Å². The van der Waals surface area contributed by atoms with Gasteiger partial charge in [0.05, 0.1) is 5.69 Å². The highest BCUT2D eigenvalue weighted by molar-refractivity contribution is 7.13. The van der Waals surface area contributed by atoms with Crippen LogP contribution in [0.2, 0.25) is 5.02 Å². The Morgan fingerprint density at radius 2 is 2.08 bits per heavy atom. The summed E-state index contributed by atoms with van der Waals surface area (Å²) < 4.78 is 0. The molecule has 1 aromatic carbocycles. The van der Waals surface area contributed by atoms with Gasteiger partial charge in [-0.1, -0.05) is 43.5 Å². The number of nitriles is 1. The molecule has 134 valence electrons. The van der Waals surface area contributed by atoms with Gasteiger partial charge >= 0.3 is 0 Å². The molecule has 0 radical (unpaired) electrons. The number of hydrogen-bond donors (Lipinski definition) is 1. The average molecular weight is 386 g/mol. The maximum atomic E-state index is 12.5. The van der Waals surface area contributed by atoms with Gasteiger partial charge in [0.25, 0.3) is 5.91 Å². The number of thiazole rings is 1. The number of halogens is 1. The van der Waals surface area contributed by atoms with E-state index in [1.165, 1.54) is 17.8 Å². The topological polar surface area (TPSA) is 65.8 Å². The van der Waals surface area contributed by atoms with Crippen LogP contribution in [0.3, 0.4) is 0 Å². The summed E-state index contributed by atoms with van der Waals surface area (Å²) in [5.74, 6) is 0.135. The Hall–Kier alpha value is -2.16. The highest BCUT2D eigenvalue weighted by Crippen LogP contribution is 2.26. The second-order valence-corrected chi connectivity index (χ2v) is 7.89. The number of aromatic nitrogens is 1. The quantitative estimate of drug-likeness (QED) is 0.590. The molecule has 0 aliphatic heterocycles. The van der Waals surface area contributed by atoms with E-state index in [2.05, 4.69) is 17.2 Å². The number of benzene rings is 1. The van der Waals surface area contributed by atoms with Gasteiger partial charge in [0, 0.05) is 22.0 Å². The SMILES string of the molecule is CC1CCCCC1NC(=O)/C(C#N)=C/c1csc(-c2ccc(Cl)cc2)n1. The number of rotatable bonds is 4. The van der Waals surface area contributed by atoms with E-state index < -0.39 is 0 Å². The van der Waals surface area contributed by atoms with E-state index in [-0.39, 0.29) is 17.5 Å². The zero-order valence-electron chi connectivity index (χ0n) is 14.5. The molecule has 1 amide bonds. The number of nitrogens with one attached hydrogen (secondary N) is 1. The molecule has 0 bridgehead atoms. The van der Waals surface area contributed by atoms with Crippen LogP contribution in [0, 0.1) is 17.2 Å². The van der Waals surface area contributed by atoms with Crippen LogP contribution in [-0.4, -0.2) is 16.9 Å². The van der Waals surface area contributed by atoms with E-state index in [1.807, 2.05) is 35.7 Å². The van der Waals surface area contributed by atoms with Crippen molar-refractivity contribution in [2.75, 3.05) is 0 Å². The predicted molar refractivity (Wildman–Crippen MR) is 106 cm³/mol. The lowest BCUT2D eigenvalue weighted by molar-refractivity contribution is -0.118. The Balaban J connectivity index is 1.73. The van der Waals surface area contributed by atoms with Crippen molar-refractivity contribution in [1.82, 2.24) is 10.3 Å². The van der Waals surface area contributed by atoms with Gasteiger partial charge in [0.2, 0.25) is 0 Å². The fraction of sp³-hybridized carbons (Fsp3) is 0.350. The first-order valence-corrected chi connectivity index (χ1v) is 9.96. The summed E-state index contributed by atoms with van der Waals surface area (Å²) in [6.07, 6.45) is 5.98. The molecule has 1 saturated carbocycles. The summed E-state index contributed by atoms with van der Waals surface area (Å²) in [4.78, 5) is 17.0. The highest BCUT2D eigenvalue weighted by atomic mass is 35.5. The normalized spacial score (nSPS) is 20.4. The van der Waals surface area contributed by atoms with Crippen LogP contribution in [0.4, 0.5) is 0 Å². The Bertz CT molecular complexity index is 851. The zero-order chi connectivity index (χ0) is 18.5. The van der Waals surface area contributed by atoms with Crippen molar-refractivity contribution in [3.05, 3.63) is 45.9 Å². The van der Waals surface area contributed by atoms with E-state index in [0.717, 1.165) is 29.8 Å². The maximum Gasteiger partial charge on any atom is 0.262 e. The first-order chi connectivity index (χ1) is 12.6. The van der Waals surface area contributed by atoms with Crippen molar-refractivity contribution in [2.24, 2.45) is 5.92 Å². The van der Waals surface area contributed by atoms with E-state index in [0.29, 0.717) is 16.6 Å². The van der Waals surface area contributed by atoms with Crippen LogP contribution in [0.15, 0.2) is 35.2 Å². The lowest BCUT2D eigenvalue weighted by atomic mass is 9.86. The molecule has 2 aromatic rings. The van der Waals surface area contributed by atoms with Gasteiger partial charge in [0.15, 0.2) is 0 Å². The average Bonchev–Trinajstić information content (AvgIpc) is 3.10. The van der Waals surface area contributed by atoms with Crippen LogP contribution in [0.25, 0.3) is 16.6 Å². The second-order valence-electron chi connectivity index (χ2n) is 6.60. The minimum Gasteiger partial charge on any atom is -0.348 e. The Labute approximate surface area is 162 Å². The van der Waals surface area contributed by atoms with Crippen molar-refractivity contribution in [1.29, 1.82) is 5.26 Å². The summed E-state index contributed by atoms with van der Waals surface area (Å²) in [7, 11) is 0. The Morgan fingerprint density at radius 1 is 1.35 bits per heavy atom. The Morgan fingerprint density at radius 3 is 2.77 bits per heavy atom. The van der Waals surface area contributed by atoms with Crippen molar-refractivity contribution >= 4 is 34.9 Å². The number of nitrogens with zero attached hydrogens (tertiary/aromatic N) is 2. The van der Waals surface area contributed by atoms with Crippen molar-refractivity contribution in [3.8, 4) is 16.6 Å². The Kier molecular flexibility index (Phi) is 6.08. The third kappa shape index (κ3) is 4.51. The van der Waals surface area contributed by atoms with Crippen molar-refractivity contribution < 1.29 is 4.79 Å². The van der Waals surface area contributed by atoms with Crippen LogP contribution >= 0.6 is 22.9 Å². The molecule has 1 N–H and O–H groups in total. The monoisotopic (exact) mass is 385 g/mol. The van der Waals surface area contributed by atoms with Gasteiger partial charge in [-0.15, -0.1) is 11.3 Å². The van der Waals surface area contributed by atoms with Gasteiger partial charge in [-0.3, -0.25) is 4.79 Å². The molecule has 26 heavy (non-hydrogen) atoms. The third-order valence-electron chi connectivity index (χ3n) is 4.70. The van der Waals surface area contributed by atoms with Gasteiger partial charge in [-0.25, -0.2) is 4.98 Å². The molecule has 0 saturated heterocycles. The number of hydrogen-bond acceptors (Lipinski definition) is 4. The van der Waals surface area contributed by atoms with Crippen molar-refractivity contribution in [2.45, 2.75) is 38.6 Å². The molecule has 1 aliphatic carbocycles. The van der Waals surface area contributed by atoms with Crippen LogP contribution in [0.1, 0.15) is 38.3 Å². The number of carbonyl (C=O) groups excluding carboxylic acids is 1. The standard InChI is InChI=1S/C20H20ClN3OS/c1-13-4-2-3-5-18(13)24-19(25)15(11-22)10-17-12-26-20(23-17)14-6-8-16(21)9-7-14/h6-10,12-13,18H,2-5H2,1H3,(H,24,25)/b15-10+. The first-order valence-electron chi connectivity index (χ1n) is 8.71. The molecule has 3 rings (SSSR count). The molecule has 4 nitrogen and oxygen atoms in total. The summed E-state index contributed by atoms with van der Waals surface area (Å²) in [5.41, 5.74) is 1.66. The summed E-state index contributed by atoms with van der Waals surface area (Å²) in [6, 6.07) is 9.58. The minimum atomic E-state index is -0.313. The molecule has 6 heteroatoms. The summed E-state index contributed by atoms with van der Waals surface area (Å²) >= 11 is 7.38. The number of amides is 1. The summed E-state index contributed by atoms with van der Waals surface area (Å²) in [6.45, 7) is 2.15. The van der Waals surface area contributed by atoms with Crippen LogP contribution in [-0.2, 0) is 4.79 Å². The van der Waals surface area contributed by atoms with Gasteiger partial charge in [-0.05, 0) is 37.0 Å². The number of carbonyl (C=O) groups is 1. The smallest absolute Gasteiger partial charge is 0.262 e. The molecular weight excluding hydrogens is 366 g/mol. The van der Waals surface area contributed by atoms with Crippen LogP contribution in [0.5, 0.6) is 0 Å². The van der Waals surface area contributed by atoms with E-state index >= 15 is 0 Å². The van der Waals surface area contributed by atoms with Gasteiger partial charge in [0.1, 0.15) is 16.6 Å². The lowest BCUT2D eigenvalue weighted by Crippen LogP contribution is -2.41. The molecule has 2 unspecified atom stereocenters. The van der Waals surface area contributed by atoms with Gasteiger partial charge < -0.3 is 5.32 Å². The third-order valence-corrected chi connectivity index (χ3v) is 5.86. The highest BCUT2D eigenvalue weighted by Gasteiger charge is 2.24. The fourth-order valence-corrected chi connectivity index (χ4v) is 4.06. The minimum absolute atomic E-state index is 0.0933. The predicted octanol–water partition coefficient (Wildman–Crippen LogP) is 5.07. The maximum absolute atomic E-state index is 12.5.